The normalized spacial score (nSPS) is 12.6. The topological polar surface area (TPSA) is 83.4 Å². The van der Waals surface area contributed by atoms with Crippen LogP contribution in [-0.2, 0) is 18.9 Å². The van der Waals surface area contributed by atoms with Gasteiger partial charge < -0.3 is 20.3 Å². The number of nitrogens with one attached hydrogen (secondary N) is 2. The Morgan fingerprint density at radius 1 is 0.800 bits per heavy atom. The Morgan fingerprint density at radius 3 is 2.07 bits per heavy atom. The lowest BCUT2D eigenvalue weighted by molar-refractivity contribution is -0.138. The predicted molar refractivity (Wildman–Crippen MR) is 156 cm³/mol. The average molecular weight is 626 g/mol. The third-order valence-electron chi connectivity index (χ3n) is 7.25. The van der Waals surface area contributed by atoms with Gasteiger partial charge in [-0.1, -0.05) is 48.5 Å². The van der Waals surface area contributed by atoms with Gasteiger partial charge in [0.1, 0.15) is 5.69 Å². The summed E-state index contributed by atoms with van der Waals surface area (Å²) >= 11 is 0. The van der Waals surface area contributed by atoms with E-state index in [1.807, 2.05) is 0 Å². The van der Waals surface area contributed by atoms with E-state index in [-0.39, 0.29) is 34.7 Å². The van der Waals surface area contributed by atoms with Crippen LogP contribution in [0.3, 0.4) is 0 Å². The molecule has 0 fully saturated rings. The van der Waals surface area contributed by atoms with Crippen LogP contribution in [0.5, 0.6) is 0 Å². The first-order chi connectivity index (χ1) is 21.2. The van der Waals surface area contributed by atoms with Gasteiger partial charge in [0.2, 0.25) is 0 Å². The Labute approximate surface area is 252 Å². The Bertz CT molecular complexity index is 1780. The molecule has 0 aliphatic rings. The molecule has 1 aromatic heterocycles. The Hall–Kier alpha value is -5.26. The molecule has 6 nitrogen and oxygen atoms in total. The van der Waals surface area contributed by atoms with Crippen LogP contribution < -0.4 is 10.6 Å². The van der Waals surface area contributed by atoms with Crippen LogP contribution in [0.25, 0.3) is 10.9 Å². The molecule has 1 atom stereocenters. The fourth-order valence-electron chi connectivity index (χ4n) is 5.04. The lowest BCUT2D eigenvalue weighted by Crippen LogP contribution is -2.29. The molecule has 1 unspecified atom stereocenters. The van der Waals surface area contributed by atoms with Gasteiger partial charge in [-0.2, -0.15) is 26.3 Å². The van der Waals surface area contributed by atoms with Crippen molar-refractivity contribution in [1.29, 1.82) is 0 Å². The van der Waals surface area contributed by atoms with Crippen LogP contribution in [0, 0.1) is 0 Å². The van der Waals surface area contributed by atoms with Gasteiger partial charge >= 0.3 is 18.3 Å². The molecular weight excluding hydrogens is 600 g/mol. The van der Waals surface area contributed by atoms with Crippen LogP contribution in [0.15, 0.2) is 97.1 Å². The number of carbonyl (C=O) groups is 2. The highest BCUT2D eigenvalue weighted by Gasteiger charge is 2.32. The summed E-state index contributed by atoms with van der Waals surface area (Å²) in [5.74, 6) is -1.79. The monoisotopic (exact) mass is 625 g/mol. The summed E-state index contributed by atoms with van der Waals surface area (Å²) < 4.78 is 82.5. The van der Waals surface area contributed by atoms with Gasteiger partial charge in [0.15, 0.2) is 0 Å². The Morgan fingerprint density at radius 2 is 1.42 bits per heavy atom. The first-order valence-corrected chi connectivity index (χ1v) is 13.6. The number of carbonyl (C=O) groups excluding carboxylic acids is 1. The van der Waals surface area contributed by atoms with Crippen molar-refractivity contribution in [3.8, 4) is 0 Å². The molecule has 1 amide bonds. The van der Waals surface area contributed by atoms with E-state index in [0.717, 1.165) is 24.3 Å². The quantitative estimate of drug-likeness (QED) is 0.151. The molecule has 12 heteroatoms. The van der Waals surface area contributed by atoms with E-state index < -0.39 is 41.4 Å². The SMILES string of the molecule is CC(NC(=O)c1c(Nc2cccc(C(F)(F)F)c2)c2ccccc2n1Cc1cccc(C(F)(F)F)c1)c1ccc(C(=O)O)cc1. The fraction of sp³-hybridized carbons (Fsp3) is 0.152. The number of aromatic carboxylic acids is 1. The smallest absolute Gasteiger partial charge is 0.416 e. The number of halogens is 6. The number of hydrogen-bond donors (Lipinski definition) is 3. The molecule has 232 valence electrons. The number of benzene rings is 4. The van der Waals surface area contributed by atoms with Crippen molar-refractivity contribution in [1.82, 2.24) is 9.88 Å². The molecule has 0 spiro atoms. The van der Waals surface area contributed by atoms with Gasteiger partial charge in [-0.25, -0.2) is 4.79 Å². The zero-order valence-electron chi connectivity index (χ0n) is 23.5. The minimum Gasteiger partial charge on any atom is -0.478 e. The van der Waals surface area contributed by atoms with E-state index in [1.54, 1.807) is 31.2 Å². The molecule has 45 heavy (non-hydrogen) atoms. The second-order valence-corrected chi connectivity index (χ2v) is 10.4. The van der Waals surface area contributed by atoms with Gasteiger partial charge in [-0.15, -0.1) is 0 Å². The van der Waals surface area contributed by atoms with Crippen molar-refractivity contribution < 1.29 is 41.0 Å². The first-order valence-electron chi connectivity index (χ1n) is 13.6. The number of alkyl halides is 6. The van der Waals surface area contributed by atoms with Crippen molar-refractivity contribution in [2.45, 2.75) is 31.9 Å². The molecule has 3 N–H and O–H groups in total. The second kappa shape index (κ2) is 12.0. The van der Waals surface area contributed by atoms with Crippen LogP contribution in [0.1, 0.15) is 56.1 Å². The summed E-state index contributed by atoms with van der Waals surface area (Å²) in [4.78, 5) is 25.3. The minimum atomic E-state index is -4.62. The highest BCUT2D eigenvalue weighted by atomic mass is 19.4. The number of rotatable bonds is 8. The molecule has 0 saturated carbocycles. The van der Waals surface area contributed by atoms with Crippen molar-refractivity contribution in [2.75, 3.05) is 5.32 Å². The maximum atomic E-state index is 14.0. The van der Waals surface area contributed by atoms with Gasteiger partial charge in [0.05, 0.1) is 33.9 Å². The first kappa shape index (κ1) is 31.2. The molecule has 4 aromatic carbocycles. The summed E-state index contributed by atoms with van der Waals surface area (Å²) in [6.45, 7) is 1.49. The third kappa shape index (κ3) is 6.79. The number of fused-ring (bicyclic) bond motifs is 1. The number of carboxylic acid groups (broad SMARTS) is 1. The van der Waals surface area contributed by atoms with Crippen LogP contribution in [0.2, 0.25) is 0 Å². The molecule has 5 aromatic rings. The number of anilines is 2. The molecule has 0 saturated heterocycles. The lowest BCUT2D eigenvalue weighted by Gasteiger charge is -2.18. The summed E-state index contributed by atoms with van der Waals surface area (Å²) in [5.41, 5.74) is -0.309. The maximum Gasteiger partial charge on any atom is 0.416 e. The third-order valence-corrected chi connectivity index (χ3v) is 7.25. The van der Waals surface area contributed by atoms with Gasteiger partial charge in [-0.3, -0.25) is 4.79 Å². The predicted octanol–water partition coefficient (Wildman–Crippen LogP) is 8.66. The summed E-state index contributed by atoms with van der Waals surface area (Å²) in [7, 11) is 0. The Balaban J connectivity index is 1.62. The second-order valence-electron chi connectivity index (χ2n) is 10.4. The number of nitrogens with zero attached hydrogens (tertiary/aromatic N) is 1. The number of amides is 1. The van der Waals surface area contributed by atoms with E-state index in [1.165, 1.54) is 53.1 Å². The highest BCUT2D eigenvalue weighted by molar-refractivity contribution is 6.10. The van der Waals surface area contributed by atoms with Crippen molar-refractivity contribution in [2.24, 2.45) is 0 Å². The minimum absolute atomic E-state index is 0.0278. The van der Waals surface area contributed by atoms with Crippen molar-refractivity contribution in [3.05, 3.63) is 131 Å². The van der Waals surface area contributed by atoms with Gasteiger partial charge in [0.25, 0.3) is 5.91 Å². The molecule has 0 aliphatic carbocycles. The molecular formula is C33H25F6N3O3. The van der Waals surface area contributed by atoms with Crippen LogP contribution in [-0.4, -0.2) is 21.6 Å². The fourth-order valence-corrected chi connectivity index (χ4v) is 5.04. The molecule has 1 heterocycles. The van der Waals surface area contributed by atoms with E-state index in [9.17, 15) is 41.0 Å². The zero-order valence-corrected chi connectivity index (χ0v) is 23.5. The Kier molecular flexibility index (Phi) is 8.33. The summed E-state index contributed by atoms with van der Waals surface area (Å²) in [6.07, 6.45) is -9.22. The number of para-hydroxylation sites is 1. The zero-order chi connectivity index (χ0) is 32.5. The number of hydrogen-bond acceptors (Lipinski definition) is 3. The molecule has 0 bridgehead atoms. The van der Waals surface area contributed by atoms with Gasteiger partial charge in [0, 0.05) is 17.6 Å². The molecule has 5 rings (SSSR count). The molecule has 0 aliphatic heterocycles. The van der Waals surface area contributed by atoms with Crippen LogP contribution in [0.4, 0.5) is 37.7 Å². The van der Waals surface area contributed by atoms with Crippen LogP contribution >= 0.6 is 0 Å². The van der Waals surface area contributed by atoms with Crippen molar-refractivity contribution >= 4 is 34.2 Å². The lowest BCUT2D eigenvalue weighted by atomic mass is 10.1. The van der Waals surface area contributed by atoms with Crippen molar-refractivity contribution in [3.63, 3.8) is 0 Å². The van der Waals surface area contributed by atoms with E-state index >= 15 is 0 Å². The van der Waals surface area contributed by atoms with E-state index in [2.05, 4.69) is 10.6 Å². The van der Waals surface area contributed by atoms with E-state index in [4.69, 9.17) is 0 Å². The highest BCUT2D eigenvalue weighted by Crippen LogP contribution is 2.37. The maximum absolute atomic E-state index is 14.0. The standard InChI is InChI=1S/C33H25F6N3O3/c1-19(21-12-14-22(15-13-21)31(44)45)40-30(43)29-28(41-25-9-5-8-24(17-25)33(37,38)39)26-10-2-3-11-27(26)42(29)18-20-6-4-7-23(16-20)32(34,35)36/h2-17,19,41H,18H2,1H3,(H,40,43)(H,44,45). The molecule has 0 radical (unpaired) electrons. The number of aromatic nitrogens is 1. The largest absolute Gasteiger partial charge is 0.478 e. The van der Waals surface area contributed by atoms with Gasteiger partial charge in [-0.05, 0) is 66.6 Å². The summed E-state index contributed by atoms with van der Waals surface area (Å²) in [6, 6.07) is 20.9. The van der Waals surface area contributed by atoms with E-state index in [0.29, 0.717) is 16.5 Å². The summed E-state index contributed by atoms with van der Waals surface area (Å²) in [5, 5.41) is 15.4. The average Bonchev–Trinajstić information content (AvgIpc) is 3.29. The number of carboxylic acids is 1.